The number of aryl methyl sites for hydroxylation is 2. The number of hydrogen-bond acceptors (Lipinski definition) is 3. The van der Waals surface area contributed by atoms with Gasteiger partial charge in [0.05, 0.1) is 11.4 Å². The number of nitrogen functional groups attached to an aromatic ring is 1. The quantitative estimate of drug-likeness (QED) is 0.834. The van der Waals surface area contributed by atoms with E-state index in [1.165, 1.54) is 0 Å². The standard InChI is InChI=1S/C14H14BrN3O/c1-8-3-6-13(9(2)17-8)18-14(19)10-4-5-12(16)11(15)7-10/h3-7H,16H2,1-2H3,(H,18,19). The average molecular weight is 320 g/mol. The third kappa shape index (κ3) is 3.12. The van der Waals surface area contributed by atoms with Crippen LogP contribution < -0.4 is 11.1 Å². The van der Waals surface area contributed by atoms with Crippen LogP contribution in [0.15, 0.2) is 34.8 Å². The Morgan fingerprint density at radius 1 is 1.26 bits per heavy atom. The number of nitrogens with one attached hydrogen (secondary N) is 1. The van der Waals surface area contributed by atoms with E-state index in [2.05, 4.69) is 26.2 Å². The molecule has 0 saturated carbocycles. The van der Waals surface area contributed by atoms with Crippen LogP contribution in [0.4, 0.5) is 11.4 Å². The Labute approximate surface area is 120 Å². The molecule has 0 unspecified atom stereocenters. The number of halogens is 1. The summed E-state index contributed by atoms with van der Waals surface area (Å²) in [5.74, 6) is -0.186. The molecule has 1 heterocycles. The highest BCUT2D eigenvalue weighted by Crippen LogP contribution is 2.21. The van der Waals surface area contributed by atoms with Gasteiger partial charge in [-0.15, -0.1) is 0 Å². The zero-order chi connectivity index (χ0) is 14.0. The van der Waals surface area contributed by atoms with E-state index in [-0.39, 0.29) is 5.91 Å². The predicted octanol–water partition coefficient (Wildman–Crippen LogP) is 3.30. The molecule has 0 bridgehead atoms. The number of aromatic nitrogens is 1. The van der Waals surface area contributed by atoms with Gasteiger partial charge in [-0.2, -0.15) is 0 Å². The zero-order valence-electron chi connectivity index (χ0n) is 10.7. The van der Waals surface area contributed by atoms with Crippen molar-refractivity contribution in [1.82, 2.24) is 4.98 Å². The molecule has 2 rings (SSSR count). The first-order chi connectivity index (χ1) is 8.97. The van der Waals surface area contributed by atoms with Crippen LogP contribution >= 0.6 is 15.9 Å². The molecule has 98 valence electrons. The Morgan fingerprint density at radius 2 is 2.00 bits per heavy atom. The number of nitrogens with two attached hydrogens (primary N) is 1. The van der Waals surface area contributed by atoms with E-state index in [0.29, 0.717) is 21.4 Å². The molecule has 0 radical (unpaired) electrons. The lowest BCUT2D eigenvalue weighted by Gasteiger charge is -2.09. The van der Waals surface area contributed by atoms with Crippen molar-refractivity contribution in [2.45, 2.75) is 13.8 Å². The van der Waals surface area contributed by atoms with Crippen molar-refractivity contribution in [3.05, 3.63) is 51.8 Å². The SMILES string of the molecule is Cc1ccc(NC(=O)c2ccc(N)c(Br)c2)c(C)n1. The summed E-state index contributed by atoms with van der Waals surface area (Å²) in [7, 11) is 0. The van der Waals surface area contributed by atoms with Crippen LogP contribution in [0.1, 0.15) is 21.7 Å². The van der Waals surface area contributed by atoms with Gasteiger partial charge in [0.1, 0.15) is 0 Å². The molecular formula is C14H14BrN3O. The van der Waals surface area contributed by atoms with Crippen molar-refractivity contribution in [1.29, 1.82) is 0 Å². The molecule has 1 aromatic heterocycles. The number of amides is 1. The lowest BCUT2D eigenvalue weighted by atomic mass is 10.2. The van der Waals surface area contributed by atoms with Gasteiger partial charge in [0.15, 0.2) is 0 Å². The molecule has 0 atom stereocenters. The normalized spacial score (nSPS) is 10.3. The number of carbonyl (C=O) groups is 1. The zero-order valence-corrected chi connectivity index (χ0v) is 12.3. The topological polar surface area (TPSA) is 68.0 Å². The van der Waals surface area contributed by atoms with Crippen molar-refractivity contribution in [3.8, 4) is 0 Å². The average Bonchev–Trinajstić information content (AvgIpc) is 2.36. The first-order valence-electron chi connectivity index (χ1n) is 5.78. The molecule has 0 saturated heterocycles. The number of pyridine rings is 1. The Bertz CT molecular complexity index is 641. The van der Waals surface area contributed by atoms with Crippen molar-refractivity contribution in [2.75, 3.05) is 11.1 Å². The molecule has 0 fully saturated rings. The van der Waals surface area contributed by atoms with Crippen LogP contribution in [0, 0.1) is 13.8 Å². The Morgan fingerprint density at radius 3 is 2.63 bits per heavy atom. The minimum atomic E-state index is -0.186. The molecular weight excluding hydrogens is 306 g/mol. The number of anilines is 2. The molecule has 3 N–H and O–H groups in total. The van der Waals surface area contributed by atoms with E-state index < -0.39 is 0 Å². The highest BCUT2D eigenvalue weighted by molar-refractivity contribution is 9.10. The van der Waals surface area contributed by atoms with Crippen LogP contribution in [-0.4, -0.2) is 10.9 Å². The second-order valence-electron chi connectivity index (χ2n) is 4.28. The summed E-state index contributed by atoms with van der Waals surface area (Å²) in [4.78, 5) is 16.4. The van der Waals surface area contributed by atoms with E-state index in [1.807, 2.05) is 26.0 Å². The summed E-state index contributed by atoms with van der Waals surface area (Å²) in [6.07, 6.45) is 0. The van der Waals surface area contributed by atoms with Gasteiger partial charge >= 0.3 is 0 Å². The van der Waals surface area contributed by atoms with Gasteiger partial charge in [-0.3, -0.25) is 9.78 Å². The number of nitrogens with zero attached hydrogens (tertiary/aromatic N) is 1. The van der Waals surface area contributed by atoms with Crippen LogP contribution in [-0.2, 0) is 0 Å². The van der Waals surface area contributed by atoms with Gasteiger partial charge in [-0.05, 0) is 60.1 Å². The lowest BCUT2D eigenvalue weighted by Crippen LogP contribution is -2.13. The Balaban J connectivity index is 2.23. The summed E-state index contributed by atoms with van der Waals surface area (Å²) >= 11 is 3.31. The largest absolute Gasteiger partial charge is 0.398 e. The van der Waals surface area contributed by atoms with Gasteiger partial charge in [0, 0.05) is 21.4 Å². The van der Waals surface area contributed by atoms with Crippen molar-refractivity contribution >= 4 is 33.2 Å². The highest BCUT2D eigenvalue weighted by atomic mass is 79.9. The molecule has 5 heteroatoms. The smallest absolute Gasteiger partial charge is 0.255 e. The van der Waals surface area contributed by atoms with E-state index in [9.17, 15) is 4.79 Å². The van der Waals surface area contributed by atoms with Crippen LogP contribution in [0.3, 0.4) is 0 Å². The molecule has 0 aliphatic carbocycles. The van der Waals surface area contributed by atoms with Gasteiger partial charge < -0.3 is 11.1 Å². The maximum Gasteiger partial charge on any atom is 0.255 e. The van der Waals surface area contributed by atoms with Crippen molar-refractivity contribution in [3.63, 3.8) is 0 Å². The van der Waals surface area contributed by atoms with Crippen LogP contribution in [0.5, 0.6) is 0 Å². The van der Waals surface area contributed by atoms with Crippen LogP contribution in [0.25, 0.3) is 0 Å². The van der Waals surface area contributed by atoms with Crippen LogP contribution in [0.2, 0.25) is 0 Å². The molecule has 1 amide bonds. The molecule has 19 heavy (non-hydrogen) atoms. The summed E-state index contributed by atoms with van der Waals surface area (Å²) in [5, 5.41) is 2.84. The fraction of sp³-hybridized carbons (Fsp3) is 0.143. The lowest BCUT2D eigenvalue weighted by molar-refractivity contribution is 0.102. The Hall–Kier alpha value is -1.88. The van der Waals surface area contributed by atoms with E-state index in [0.717, 1.165) is 11.4 Å². The maximum absolute atomic E-state index is 12.1. The molecule has 0 spiro atoms. The molecule has 4 nitrogen and oxygen atoms in total. The Kier molecular flexibility index (Phi) is 3.85. The monoisotopic (exact) mass is 319 g/mol. The summed E-state index contributed by atoms with van der Waals surface area (Å²) < 4.78 is 0.707. The third-order valence-corrected chi connectivity index (χ3v) is 3.42. The third-order valence-electron chi connectivity index (χ3n) is 2.74. The summed E-state index contributed by atoms with van der Waals surface area (Å²) in [5.41, 5.74) is 9.27. The van der Waals surface area contributed by atoms with E-state index in [4.69, 9.17) is 5.73 Å². The van der Waals surface area contributed by atoms with Gasteiger partial charge in [-0.25, -0.2) is 0 Å². The molecule has 1 aromatic carbocycles. The minimum absolute atomic E-state index is 0.186. The fourth-order valence-corrected chi connectivity index (χ4v) is 2.06. The predicted molar refractivity (Wildman–Crippen MR) is 80.2 cm³/mol. The number of rotatable bonds is 2. The number of benzene rings is 1. The van der Waals surface area contributed by atoms with Crippen molar-refractivity contribution < 1.29 is 4.79 Å². The van der Waals surface area contributed by atoms with Gasteiger partial charge in [0.25, 0.3) is 5.91 Å². The number of hydrogen-bond donors (Lipinski definition) is 2. The summed E-state index contributed by atoms with van der Waals surface area (Å²) in [6.45, 7) is 3.77. The first-order valence-corrected chi connectivity index (χ1v) is 6.57. The van der Waals surface area contributed by atoms with E-state index in [1.54, 1.807) is 18.2 Å². The maximum atomic E-state index is 12.1. The minimum Gasteiger partial charge on any atom is -0.398 e. The highest BCUT2D eigenvalue weighted by Gasteiger charge is 2.09. The van der Waals surface area contributed by atoms with Crippen molar-refractivity contribution in [2.24, 2.45) is 0 Å². The molecule has 0 aliphatic rings. The molecule has 2 aromatic rings. The van der Waals surface area contributed by atoms with Gasteiger partial charge in [-0.1, -0.05) is 0 Å². The van der Waals surface area contributed by atoms with E-state index >= 15 is 0 Å². The van der Waals surface area contributed by atoms with Gasteiger partial charge in [0.2, 0.25) is 0 Å². The fourth-order valence-electron chi connectivity index (χ4n) is 1.68. The number of carbonyl (C=O) groups excluding carboxylic acids is 1. The first kappa shape index (κ1) is 13.5. The second kappa shape index (κ2) is 5.40. The second-order valence-corrected chi connectivity index (χ2v) is 5.13. The molecule has 0 aliphatic heterocycles. The summed E-state index contributed by atoms with van der Waals surface area (Å²) in [6, 6.07) is 8.79.